The zero-order valence-electron chi connectivity index (χ0n) is 16.7. The first-order valence-electron chi connectivity index (χ1n) is 9.50. The number of rotatable bonds is 13. The lowest BCUT2D eigenvalue weighted by Crippen LogP contribution is -2.21. The van der Waals surface area contributed by atoms with E-state index in [0.29, 0.717) is 0 Å². The van der Waals surface area contributed by atoms with Gasteiger partial charge in [0, 0.05) is 5.97 Å². The van der Waals surface area contributed by atoms with Crippen LogP contribution in [0.4, 0.5) is 0 Å². The summed E-state index contributed by atoms with van der Waals surface area (Å²) in [6.45, 7) is 4.29. The summed E-state index contributed by atoms with van der Waals surface area (Å²) in [6.07, 6.45) is 9.42. The van der Waals surface area contributed by atoms with Gasteiger partial charge in [-0.15, -0.1) is 0 Å². The van der Waals surface area contributed by atoms with Gasteiger partial charge in [0.15, 0.2) is 5.78 Å². The number of ketones is 1. The van der Waals surface area contributed by atoms with Gasteiger partial charge in [0.05, 0.1) is 13.2 Å². The van der Waals surface area contributed by atoms with E-state index in [1.807, 2.05) is 0 Å². The average Bonchev–Trinajstić information content (AvgIpc) is 2.60. The molecule has 0 aromatic carbocycles. The van der Waals surface area contributed by atoms with Gasteiger partial charge in [-0.05, 0) is 26.7 Å². The minimum Gasteiger partial charge on any atom is -0.550 e. The topological polar surface area (TPSA) is 138 Å². The number of aliphatic hydroxyl groups excluding tert-OH is 4. The lowest BCUT2D eigenvalue weighted by atomic mass is 10.1. The number of aliphatic carboxylic acids is 1. The molecule has 7 nitrogen and oxygen atoms in total. The van der Waals surface area contributed by atoms with E-state index in [1.165, 1.54) is 58.8 Å². The Morgan fingerprint density at radius 2 is 1.19 bits per heavy atom. The Kier molecular flexibility index (Phi) is 27.4. The minimum absolute atomic E-state index is 0.185. The minimum atomic E-state index is -0.954. The van der Waals surface area contributed by atoms with Crippen LogP contribution in [0.5, 0.6) is 0 Å². The first-order chi connectivity index (χ1) is 12.2. The first kappa shape index (κ1) is 29.7. The van der Waals surface area contributed by atoms with Gasteiger partial charge < -0.3 is 30.3 Å². The van der Waals surface area contributed by atoms with Gasteiger partial charge in [0.1, 0.15) is 12.2 Å². The number of carboxylic acids is 1. The monoisotopic (exact) mass is 379 g/mol. The summed E-state index contributed by atoms with van der Waals surface area (Å²) in [5.74, 6) is -1.09. The molecule has 4 N–H and O–H groups in total. The largest absolute Gasteiger partial charge is 0.550 e. The van der Waals surface area contributed by atoms with Crippen LogP contribution in [-0.2, 0) is 9.59 Å². The highest BCUT2D eigenvalue weighted by Crippen LogP contribution is 2.10. The number of Topliss-reactive ketones (excluding diaryl/α,β-unsaturated/α-hetero) is 1. The van der Waals surface area contributed by atoms with E-state index in [-0.39, 0.29) is 25.4 Å². The van der Waals surface area contributed by atoms with E-state index in [0.717, 1.165) is 12.8 Å². The predicted octanol–water partition coefficient (Wildman–Crippen LogP) is 0.945. The molecule has 1 unspecified atom stereocenters. The van der Waals surface area contributed by atoms with Gasteiger partial charge in [0.2, 0.25) is 0 Å². The second-order valence-electron chi connectivity index (χ2n) is 6.26. The fourth-order valence-electron chi connectivity index (χ4n) is 1.64. The summed E-state index contributed by atoms with van der Waals surface area (Å²) in [5, 5.41) is 42.4. The summed E-state index contributed by atoms with van der Waals surface area (Å²) in [4.78, 5) is 20.0. The molecule has 26 heavy (non-hydrogen) atoms. The van der Waals surface area contributed by atoms with Crippen molar-refractivity contribution in [3.8, 4) is 0 Å². The Labute approximate surface area is 158 Å². The first-order valence-corrected chi connectivity index (χ1v) is 9.50. The average molecular weight is 380 g/mol. The molecule has 0 aliphatic carbocycles. The summed E-state index contributed by atoms with van der Waals surface area (Å²) < 4.78 is 0. The Balaban J connectivity index is -0.000000364. The maximum absolute atomic E-state index is 10.1. The fraction of sp³-hybridized carbons (Fsp3) is 0.895. The molecule has 7 heteroatoms. The summed E-state index contributed by atoms with van der Waals surface area (Å²) in [5.41, 5.74) is 0. The lowest BCUT2D eigenvalue weighted by molar-refractivity contribution is -0.305. The second kappa shape index (κ2) is 24.0. The number of unbranched alkanes of at least 4 members (excludes halogenated alkanes) is 8. The molecule has 0 radical (unpaired) electrons. The number of carbonyl (C=O) groups is 2. The van der Waals surface area contributed by atoms with Crippen molar-refractivity contribution in [1.82, 2.24) is 0 Å². The molecule has 0 aliphatic heterocycles. The molecule has 0 aromatic heterocycles. The van der Waals surface area contributed by atoms with Crippen LogP contribution < -0.4 is 5.11 Å². The third kappa shape index (κ3) is 34.3. The number of hydrogen-bond acceptors (Lipinski definition) is 7. The molecule has 0 rings (SSSR count). The molecule has 0 aliphatic rings. The van der Waals surface area contributed by atoms with Crippen LogP contribution in [0, 0.1) is 0 Å². The van der Waals surface area contributed by atoms with Crippen molar-refractivity contribution in [3.63, 3.8) is 0 Å². The molecule has 1 atom stereocenters. The predicted molar refractivity (Wildman–Crippen MR) is 99.4 cm³/mol. The Bertz CT molecular complexity index is 302. The highest BCUT2D eigenvalue weighted by molar-refractivity contribution is 5.79. The smallest absolute Gasteiger partial charge is 0.157 e. The normalized spacial score (nSPS) is 11.1. The van der Waals surface area contributed by atoms with Gasteiger partial charge in [-0.3, -0.25) is 4.79 Å². The zero-order valence-corrected chi connectivity index (χ0v) is 16.7. The van der Waals surface area contributed by atoms with E-state index in [1.54, 1.807) is 0 Å². The number of aliphatic hydroxyl groups is 4. The second-order valence-corrected chi connectivity index (χ2v) is 6.26. The van der Waals surface area contributed by atoms with Gasteiger partial charge in [0.25, 0.3) is 0 Å². The number of carboxylic acid groups (broad SMARTS) is 1. The molecule has 0 bridgehead atoms. The molecule has 0 saturated heterocycles. The van der Waals surface area contributed by atoms with E-state index in [4.69, 9.17) is 20.4 Å². The van der Waals surface area contributed by atoms with Crippen molar-refractivity contribution in [2.45, 2.75) is 97.2 Å². The maximum Gasteiger partial charge on any atom is 0.157 e. The SMILES string of the molecule is CC(=O)C(C)O.CCCCCCCCCCCC(=O)[O-].OCC(O)CO. The van der Waals surface area contributed by atoms with E-state index in [2.05, 4.69) is 6.92 Å². The van der Waals surface area contributed by atoms with Crippen LogP contribution in [-0.4, -0.2) is 57.6 Å². The van der Waals surface area contributed by atoms with Crippen molar-refractivity contribution >= 4 is 11.8 Å². The molecule has 0 aromatic rings. The maximum atomic E-state index is 10.1. The van der Waals surface area contributed by atoms with Crippen molar-refractivity contribution < 1.29 is 35.1 Å². The molecule has 0 amide bonds. The third-order valence-corrected chi connectivity index (χ3v) is 3.49. The van der Waals surface area contributed by atoms with Crippen LogP contribution in [0.3, 0.4) is 0 Å². The van der Waals surface area contributed by atoms with Gasteiger partial charge in [-0.25, -0.2) is 0 Å². The lowest BCUT2D eigenvalue weighted by Gasteiger charge is -2.02. The van der Waals surface area contributed by atoms with Gasteiger partial charge in [-0.1, -0.05) is 58.3 Å². The molecule has 0 saturated carbocycles. The Morgan fingerprint density at radius 3 is 1.42 bits per heavy atom. The highest BCUT2D eigenvalue weighted by Gasteiger charge is 1.97. The third-order valence-electron chi connectivity index (χ3n) is 3.49. The van der Waals surface area contributed by atoms with Crippen LogP contribution in [0.1, 0.15) is 85.0 Å². The fourth-order valence-corrected chi connectivity index (χ4v) is 1.64. The summed E-state index contributed by atoms with van der Waals surface area (Å²) in [7, 11) is 0. The van der Waals surface area contributed by atoms with E-state index in [9.17, 15) is 14.7 Å². The van der Waals surface area contributed by atoms with Crippen molar-refractivity contribution in [2.24, 2.45) is 0 Å². The zero-order chi connectivity index (χ0) is 20.8. The molecule has 0 spiro atoms. The Hall–Kier alpha value is -1.02. The van der Waals surface area contributed by atoms with Gasteiger partial charge >= 0.3 is 0 Å². The molecule has 0 fully saturated rings. The Morgan fingerprint density at radius 1 is 0.846 bits per heavy atom. The molecule has 158 valence electrons. The standard InChI is InChI=1S/C12H24O2.C4H8O2.C3H8O3/c1-2-3-4-5-6-7-8-9-10-11-12(13)14;1-3(5)4(2)6;4-1-3(6)2-5/h2-11H2,1H3,(H,13,14);3,5H,1-2H3;3-6H,1-2H2/p-1. The molecular weight excluding hydrogens is 340 g/mol. The van der Waals surface area contributed by atoms with Crippen molar-refractivity contribution in [1.29, 1.82) is 0 Å². The molecule has 0 heterocycles. The van der Waals surface area contributed by atoms with Crippen molar-refractivity contribution in [2.75, 3.05) is 13.2 Å². The summed E-state index contributed by atoms with van der Waals surface area (Å²) >= 11 is 0. The molecular formula is C19H39O7-. The quantitative estimate of drug-likeness (QED) is 0.349. The van der Waals surface area contributed by atoms with Crippen molar-refractivity contribution in [3.05, 3.63) is 0 Å². The highest BCUT2D eigenvalue weighted by atomic mass is 16.4. The van der Waals surface area contributed by atoms with Crippen LogP contribution >= 0.6 is 0 Å². The number of carbonyl (C=O) groups excluding carboxylic acids is 2. The van der Waals surface area contributed by atoms with Crippen LogP contribution in [0.2, 0.25) is 0 Å². The van der Waals surface area contributed by atoms with Crippen LogP contribution in [0.25, 0.3) is 0 Å². The van der Waals surface area contributed by atoms with Crippen LogP contribution in [0.15, 0.2) is 0 Å². The number of hydrogen-bond donors (Lipinski definition) is 4. The van der Waals surface area contributed by atoms with Gasteiger partial charge in [-0.2, -0.15) is 0 Å². The van der Waals surface area contributed by atoms with E-state index >= 15 is 0 Å². The van der Waals surface area contributed by atoms with E-state index < -0.39 is 18.2 Å². The summed E-state index contributed by atoms with van der Waals surface area (Å²) in [6, 6.07) is 0.